The lowest BCUT2D eigenvalue weighted by Gasteiger charge is -2.22. The first-order valence-electron chi connectivity index (χ1n) is 10.9. The third-order valence-electron chi connectivity index (χ3n) is 5.88. The van der Waals surface area contributed by atoms with Gasteiger partial charge in [-0.05, 0) is 87.2 Å². The summed E-state index contributed by atoms with van der Waals surface area (Å²) >= 11 is 0. The zero-order valence-corrected chi connectivity index (χ0v) is 18.7. The van der Waals surface area contributed by atoms with Gasteiger partial charge in [-0.15, -0.1) is 0 Å². The third-order valence-corrected chi connectivity index (χ3v) is 5.88. The van der Waals surface area contributed by atoms with Crippen molar-refractivity contribution in [2.24, 2.45) is 0 Å². The summed E-state index contributed by atoms with van der Waals surface area (Å²) in [6.45, 7) is 2.03. The number of benzene rings is 3. The fraction of sp³-hybridized carbons (Fsp3) is 0.231. The molecule has 170 valence electrons. The molecule has 6 nitrogen and oxygen atoms in total. The van der Waals surface area contributed by atoms with E-state index in [2.05, 4.69) is 34.5 Å². The fourth-order valence-corrected chi connectivity index (χ4v) is 3.89. The quantitative estimate of drug-likeness (QED) is 0.586. The molecule has 1 atom stereocenters. The fourth-order valence-electron chi connectivity index (χ4n) is 3.89. The summed E-state index contributed by atoms with van der Waals surface area (Å²) in [5, 5.41) is 5.60. The molecule has 2 amide bonds. The first-order chi connectivity index (χ1) is 15.9. The first-order valence-corrected chi connectivity index (χ1v) is 10.9. The molecular formula is C26H27FN4O2. The van der Waals surface area contributed by atoms with Crippen LogP contribution in [0.4, 0.5) is 21.5 Å². The molecule has 1 aliphatic rings. The molecular weight excluding hydrogens is 419 g/mol. The molecule has 0 aromatic heterocycles. The smallest absolute Gasteiger partial charge is 0.255 e. The molecule has 7 heteroatoms. The predicted molar refractivity (Wildman–Crippen MR) is 129 cm³/mol. The van der Waals surface area contributed by atoms with Crippen LogP contribution in [0.1, 0.15) is 27.1 Å². The number of carbonyl (C=O) groups excluding carboxylic acids is 2. The van der Waals surface area contributed by atoms with E-state index in [-0.39, 0.29) is 11.5 Å². The molecule has 1 aliphatic heterocycles. The van der Waals surface area contributed by atoms with Gasteiger partial charge in [0, 0.05) is 47.3 Å². The summed E-state index contributed by atoms with van der Waals surface area (Å²) in [4.78, 5) is 29.5. The standard InChI is InChI=1S/C26H27FN4O2/c1-30(2)24-14-15-31(17-24)23-12-10-22(11-13-23)28-25(32)18-6-8-21(9-7-18)29-26(33)19-4-3-5-20(27)16-19/h3-13,16,24H,14-15,17H2,1-2H3,(H,28,32)(H,29,33). The maximum absolute atomic E-state index is 13.3. The number of amides is 2. The van der Waals surface area contributed by atoms with Crippen LogP contribution in [0.25, 0.3) is 0 Å². The highest BCUT2D eigenvalue weighted by atomic mass is 19.1. The van der Waals surface area contributed by atoms with Crippen LogP contribution in [-0.4, -0.2) is 49.9 Å². The molecule has 2 N–H and O–H groups in total. The highest BCUT2D eigenvalue weighted by Gasteiger charge is 2.24. The third kappa shape index (κ3) is 5.56. The minimum atomic E-state index is -0.471. The second kappa shape index (κ2) is 9.83. The van der Waals surface area contributed by atoms with Gasteiger partial charge in [-0.2, -0.15) is 0 Å². The number of hydrogen-bond donors (Lipinski definition) is 2. The molecule has 0 spiro atoms. The summed E-state index contributed by atoms with van der Waals surface area (Å²) in [5.41, 5.74) is 3.08. The van der Waals surface area contributed by atoms with Crippen molar-refractivity contribution in [2.75, 3.05) is 42.7 Å². The molecule has 1 fully saturated rings. The lowest BCUT2D eigenvalue weighted by atomic mass is 10.1. The molecule has 1 heterocycles. The zero-order chi connectivity index (χ0) is 23.4. The van der Waals surface area contributed by atoms with Crippen molar-refractivity contribution < 1.29 is 14.0 Å². The summed E-state index contributed by atoms with van der Waals surface area (Å²) in [6, 6.07) is 20.5. The van der Waals surface area contributed by atoms with Crippen molar-refractivity contribution in [1.82, 2.24) is 4.90 Å². The number of anilines is 3. The monoisotopic (exact) mass is 446 g/mol. The van der Waals surface area contributed by atoms with Crippen molar-refractivity contribution >= 4 is 28.9 Å². The number of hydrogen-bond acceptors (Lipinski definition) is 4. The van der Waals surface area contributed by atoms with Gasteiger partial charge in [0.2, 0.25) is 0 Å². The van der Waals surface area contributed by atoms with E-state index in [1.54, 1.807) is 24.3 Å². The van der Waals surface area contributed by atoms with Crippen molar-refractivity contribution in [1.29, 1.82) is 0 Å². The van der Waals surface area contributed by atoms with Crippen LogP contribution in [0.5, 0.6) is 0 Å². The highest BCUT2D eigenvalue weighted by Crippen LogP contribution is 2.24. The van der Waals surface area contributed by atoms with Gasteiger partial charge in [0.1, 0.15) is 5.82 Å². The second-order valence-electron chi connectivity index (χ2n) is 8.39. The Balaban J connectivity index is 1.33. The van der Waals surface area contributed by atoms with Crippen LogP contribution in [0, 0.1) is 5.82 Å². The molecule has 0 radical (unpaired) electrons. The van der Waals surface area contributed by atoms with Gasteiger partial charge in [-0.25, -0.2) is 4.39 Å². The lowest BCUT2D eigenvalue weighted by molar-refractivity contribution is 0.101. The van der Waals surface area contributed by atoms with Crippen molar-refractivity contribution in [3.63, 3.8) is 0 Å². The molecule has 0 bridgehead atoms. The van der Waals surface area contributed by atoms with E-state index in [1.165, 1.54) is 24.3 Å². The van der Waals surface area contributed by atoms with E-state index in [9.17, 15) is 14.0 Å². The second-order valence-corrected chi connectivity index (χ2v) is 8.39. The Hall–Kier alpha value is -3.71. The maximum atomic E-state index is 13.3. The van der Waals surface area contributed by atoms with E-state index < -0.39 is 11.7 Å². The van der Waals surface area contributed by atoms with Gasteiger partial charge in [0.05, 0.1) is 0 Å². The van der Waals surface area contributed by atoms with Gasteiger partial charge in [-0.3, -0.25) is 9.59 Å². The van der Waals surface area contributed by atoms with E-state index in [0.717, 1.165) is 30.9 Å². The largest absolute Gasteiger partial charge is 0.370 e. The molecule has 3 aromatic carbocycles. The molecule has 0 saturated carbocycles. The van der Waals surface area contributed by atoms with Crippen molar-refractivity contribution in [3.05, 3.63) is 89.7 Å². The van der Waals surface area contributed by atoms with E-state index in [0.29, 0.717) is 17.3 Å². The Kier molecular flexibility index (Phi) is 6.70. The van der Waals surface area contributed by atoms with Crippen LogP contribution < -0.4 is 15.5 Å². The van der Waals surface area contributed by atoms with Crippen molar-refractivity contribution in [2.45, 2.75) is 12.5 Å². The molecule has 33 heavy (non-hydrogen) atoms. The molecule has 1 unspecified atom stereocenters. The number of nitrogens with one attached hydrogen (secondary N) is 2. The van der Waals surface area contributed by atoms with Gasteiger partial charge < -0.3 is 20.4 Å². The van der Waals surface area contributed by atoms with Crippen molar-refractivity contribution in [3.8, 4) is 0 Å². The van der Waals surface area contributed by atoms with E-state index >= 15 is 0 Å². The van der Waals surface area contributed by atoms with Gasteiger partial charge in [0.15, 0.2) is 0 Å². The van der Waals surface area contributed by atoms with Crippen LogP contribution in [0.2, 0.25) is 0 Å². The van der Waals surface area contributed by atoms with Crippen LogP contribution in [0.15, 0.2) is 72.8 Å². The highest BCUT2D eigenvalue weighted by molar-refractivity contribution is 6.06. The zero-order valence-electron chi connectivity index (χ0n) is 18.7. The van der Waals surface area contributed by atoms with Gasteiger partial charge >= 0.3 is 0 Å². The normalized spacial score (nSPS) is 15.5. The summed E-state index contributed by atoms with van der Waals surface area (Å²) < 4.78 is 13.3. The van der Waals surface area contributed by atoms with Gasteiger partial charge in [0.25, 0.3) is 11.8 Å². The van der Waals surface area contributed by atoms with Crippen LogP contribution >= 0.6 is 0 Å². The molecule has 1 saturated heterocycles. The summed E-state index contributed by atoms with van der Waals surface area (Å²) in [7, 11) is 4.22. The lowest BCUT2D eigenvalue weighted by Crippen LogP contribution is -2.31. The topological polar surface area (TPSA) is 64.7 Å². The summed E-state index contributed by atoms with van der Waals surface area (Å²) in [6.07, 6.45) is 1.14. The van der Waals surface area contributed by atoms with Gasteiger partial charge in [-0.1, -0.05) is 6.07 Å². The van der Waals surface area contributed by atoms with Crippen LogP contribution in [-0.2, 0) is 0 Å². The Bertz CT molecular complexity index is 1130. The van der Waals surface area contributed by atoms with E-state index in [1.807, 2.05) is 24.3 Å². The number of likely N-dealkylation sites (N-methyl/N-ethyl adjacent to an activating group) is 1. The molecule has 3 aromatic rings. The minimum absolute atomic E-state index is 0.228. The summed E-state index contributed by atoms with van der Waals surface area (Å²) in [5.74, 6) is -1.12. The Morgan fingerprint density at radius 3 is 2.06 bits per heavy atom. The number of rotatable bonds is 6. The Labute approximate surface area is 193 Å². The predicted octanol–water partition coefficient (Wildman–Crippen LogP) is 4.47. The minimum Gasteiger partial charge on any atom is -0.370 e. The Morgan fingerprint density at radius 1 is 0.879 bits per heavy atom. The average molecular weight is 447 g/mol. The first kappa shape index (κ1) is 22.5. The molecule has 0 aliphatic carbocycles. The number of nitrogens with zero attached hydrogens (tertiary/aromatic N) is 2. The average Bonchev–Trinajstić information content (AvgIpc) is 3.31. The number of carbonyl (C=O) groups is 2. The van der Waals surface area contributed by atoms with E-state index in [4.69, 9.17) is 0 Å². The number of halogens is 1. The Morgan fingerprint density at radius 2 is 1.48 bits per heavy atom. The SMILES string of the molecule is CN(C)C1CCN(c2ccc(NC(=O)c3ccc(NC(=O)c4cccc(F)c4)cc3)cc2)C1. The maximum Gasteiger partial charge on any atom is 0.255 e. The van der Waals surface area contributed by atoms with Crippen LogP contribution in [0.3, 0.4) is 0 Å². The molecule has 4 rings (SSSR count).